The lowest BCUT2D eigenvalue weighted by molar-refractivity contribution is 0.101. The summed E-state index contributed by atoms with van der Waals surface area (Å²) >= 11 is 0. The number of amides is 1. The first-order chi connectivity index (χ1) is 9.61. The van der Waals surface area contributed by atoms with Crippen LogP contribution in [-0.2, 0) is 6.54 Å². The van der Waals surface area contributed by atoms with Crippen LogP contribution < -0.4 is 10.9 Å². The summed E-state index contributed by atoms with van der Waals surface area (Å²) in [6.07, 6.45) is 0.727. The summed E-state index contributed by atoms with van der Waals surface area (Å²) in [7, 11) is 0. The Balaban J connectivity index is 2.24. The highest BCUT2D eigenvalue weighted by Gasteiger charge is 2.11. The fraction of sp³-hybridized carbons (Fsp3) is 0.214. The molecule has 0 spiro atoms. The molecular formula is C14H14FN3O2. The zero-order valence-corrected chi connectivity index (χ0v) is 11.0. The van der Waals surface area contributed by atoms with Gasteiger partial charge in [0.2, 0.25) is 0 Å². The zero-order valence-electron chi connectivity index (χ0n) is 11.0. The second kappa shape index (κ2) is 6.10. The number of para-hydroxylation sites is 1. The normalized spacial score (nSPS) is 10.3. The van der Waals surface area contributed by atoms with E-state index in [-0.39, 0.29) is 16.9 Å². The maximum absolute atomic E-state index is 13.4. The zero-order chi connectivity index (χ0) is 14.5. The number of carbonyl (C=O) groups is 1. The average Bonchev–Trinajstić information content (AvgIpc) is 2.44. The highest BCUT2D eigenvalue weighted by molar-refractivity contribution is 6.02. The lowest BCUT2D eigenvalue weighted by Gasteiger charge is -2.07. The maximum atomic E-state index is 13.4. The van der Waals surface area contributed by atoms with Gasteiger partial charge in [-0.2, -0.15) is 5.10 Å². The van der Waals surface area contributed by atoms with Gasteiger partial charge in [0.05, 0.1) is 5.69 Å². The summed E-state index contributed by atoms with van der Waals surface area (Å²) < 4.78 is 14.7. The maximum Gasteiger partial charge on any atom is 0.276 e. The molecule has 1 amide bonds. The standard InChI is InChI=1S/C14H14FN3O2/c1-2-9-18-13(19)8-7-12(17-18)14(20)16-11-6-4-3-5-10(11)15/h3-8H,2,9H2,1H3,(H,16,20). The van der Waals surface area contributed by atoms with E-state index in [0.717, 1.165) is 6.42 Å². The summed E-state index contributed by atoms with van der Waals surface area (Å²) in [5.74, 6) is -1.08. The third-order valence-corrected chi connectivity index (χ3v) is 2.66. The third kappa shape index (κ3) is 3.09. The Morgan fingerprint density at radius 2 is 2.05 bits per heavy atom. The van der Waals surface area contributed by atoms with Crippen LogP contribution in [0.3, 0.4) is 0 Å². The minimum Gasteiger partial charge on any atom is -0.318 e. The molecule has 0 bridgehead atoms. The number of carbonyl (C=O) groups excluding carboxylic acids is 1. The van der Waals surface area contributed by atoms with Gasteiger partial charge in [0.25, 0.3) is 11.5 Å². The number of hydrogen-bond acceptors (Lipinski definition) is 3. The van der Waals surface area contributed by atoms with Crippen LogP contribution in [0, 0.1) is 5.82 Å². The predicted molar refractivity (Wildman–Crippen MR) is 73.1 cm³/mol. The van der Waals surface area contributed by atoms with Gasteiger partial charge in [0.15, 0.2) is 0 Å². The molecular weight excluding hydrogens is 261 g/mol. The van der Waals surface area contributed by atoms with Crippen molar-refractivity contribution in [3.63, 3.8) is 0 Å². The largest absolute Gasteiger partial charge is 0.318 e. The van der Waals surface area contributed by atoms with E-state index in [1.54, 1.807) is 6.07 Å². The van der Waals surface area contributed by atoms with Crippen molar-refractivity contribution in [2.75, 3.05) is 5.32 Å². The Labute approximate surface area is 115 Å². The highest BCUT2D eigenvalue weighted by atomic mass is 19.1. The summed E-state index contributed by atoms with van der Waals surface area (Å²) in [5, 5.41) is 6.38. The fourth-order valence-electron chi connectivity index (χ4n) is 1.69. The molecule has 1 aromatic carbocycles. The summed E-state index contributed by atoms with van der Waals surface area (Å²) in [6.45, 7) is 2.33. The number of hydrogen-bond donors (Lipinski definition) is 1. The smallest absolute Gasteiger partial charge is 0.276 e. The van der Waals surface area contributed by atoms with E-state index in [2.05, 4.69) is 10.4 Å². The van der Waals surface area contributed by atoms with Gasteiger partial charge in [0.1, 0.15) is 11.5 Å². The first-order valence-electron chi connectivity index (χ1n) is 6.26. The third-order valence-electron chi connectivity index (χ3n) is 2.66. The second-order valence-electron chi connectivity index (χ2n) is 4.21. The molecule has 2 aromatic rings. The number of aromatic nitrogens is 2. The van der Waals surface area contributed by atoms with Crippen LogP contribution in [0.2, 0.25) is 0 Å². The van der Waals surface area contributed by atoms with E-state index in [4.69, 9.17) is 0 Å². The van der Waals surface area contributed by atoms with Crippen LogP contribution in [0.15, 0.2) is 41.2 Å². The van der Waals surface area contributed by atoms with Crippen molar-refractivity contribution in [3.05, 3.63) is 58.3 Å². The van der Waals surface area contributed by atoms with Gasteiger partial charge in [-0.05, 0) is 24.6 Å². The van der Waals surface area contributed by atoms with E-state index in [1.807, 2.05) is 6.92 Å². The lowest BCUT2D eigenvalue weighted by atomic mass is 10.3. The second-order valence-corrected chi connectivity index (χ2v) is 4.21. The van der Waals surface area contributed by atoms with Gasteiger partial charge in [-0.1, -0.05) is 19.1 Å². The molecule has 5 nitrogen and oxygen atoms in total. The number of aryl methyl sites for hydroxylation is 1. The minimum absolute atomic E-state index is 0.0707. The lowest BCUT2D eigenvalue weighted by Crippen LogP contribution is -2.26. The van der Waals surface area contributed by atoms with Crippen molar-refractivity contribution in [3.8, 4) is 0 Å². The van der Waals surface area contributed by atoms with Crippen LogP contribution in [-0.4, -0.2) is 15.7 Å². The number of rotatable bonds is 4. The van der Waals surface area contributed by atoms with Crippen molar-refractivity contribution in [2.45, 2.75) is 19.9 Å². The van der Waals surface area contributed by atoms with Crippen LogP contribution in [0.25, 0.3) is 0 Å². The summed E-state index contributed by atoms with van der Waals surface area (Å²) in [6, 6.07) is 8.45. The van der Waals surface area contributed by atoms with Crippen molar-refractivity contribution in [1.29, 1.82) is 0 Å². The molecule has 0 atom stereocenters. The topological polar surface area (TPSA) is 64.0 Å². The number of nitrogens with zero attached hydrogens (tertiary/aromatic N) is 2. The molecule has 0 aliphatic rings. The van der Waals surface area contributed by atoms with Crippen molar-refractivity contribution >= 4 is 11.6 Å². The van der Waals surface area contributed by atoms with Crippen molar-refractivity contribution in [2.24, 2.45) is 0 Å². The van der Waals surface area contributed by atoms with Gasteiger partial charge >= 0.3 is 0 Å². The summed E-state index contributed by atoms with van der Waals surface area (Å²) in [4.78, 5) is 23.5. The predicted octanol–water partition coefficient (Wildman–Crippen LogP) is 2.04. The molecule has 1 heterocycles. The Kier molecular flexibility index (Phi) is 4.24. The Bertz CT molecular complexity index is 682. The number of benzene rings is 1. The number of nitrogens with one attached hydrogen (secondary N) is 1. The first kappa shape index (κ1) is 13.9. The molecule has 0 unspecified atom stereocenters. The molecule has 0 aliphatic heterocycles. The van der Waals surface area contributed by atoms with Gasteiger partial charge < -0.3 is 5.32 Å². The Morgan fingerprint density at radius 3 is 2.75 bits per heavy atom. The molecule has 20 heavy (non-hydrogen) atoms. The van der Waals surface area contributed by atoms with Crippen LogP contribution >= 0.6 is 0 Å². The SMILES string of the molecule is CCCn1nc(C(=O)Nc2ccccc2F)ccc1=O. The molecule has 0 aliphatic carbocycles. The molecule has 0 saturated heterocycles. The van der Waals surface area contributed by atoms with Crippen LogP contribution in [0.5, 0.6) is 0 Å². The summed E-state index contributed by atoms with van der Waals surface area (Å²) in [5.41, 5.74) is -0.122. The monoisotopic (exact) mass is 275 g/mol. The minimum atomic E-state index is -0.556. The first-order valence-corrected chi connectivity index (χ1v) is 6.26. The Hall–Kier alpha value is -2.50. The van der Waals surface area contributed by atoms with E-state index in [0.29, 0.717) is 6.54 Å². The molecule has 0 saturated carbocycles. The van der Waals surface area contributed by atoms with Gasteiger partial charge in [0, 0.05) is 12.6 Å². The van der Waals surface area contributed by atoms with Crippen molar-refractivity contribution < 1.29 is 9.18 Å². The van der Waals surface area contributed by atoms with E-state index in [1.165, 1.54) is 35.0 Å². The van der Waals surface area contributed by atoms with Gasteiger partial charge in [-0.15, -0.1) is 0 Å². The molecule has 104 valence electrons. The molecule has 6 heteroatoms. The molecule has 0 fully saturated rings. The molecule has 0 radical (unpaired) electrons. The van der Waals surface area contributed by atoms with Crippen LogP contribution in [0.4, 0.5) is 10.1 Å². The average molecular weight is 275 g/mol. The molecule has 1 N–H and O–H groups in total. The van der Waals surface area contributed by atoms with E-state index in [9.17, 15) is 14.0 Å². The van der Waals surface area contributed by atoms with Gasteiger partial charge in [-0.25, -0.2) is 9.07 Å². The molecule has 2 rings (SSSR count). The Morgan fingerprint density at radius 1 is 1.30 bits per heavy atom. The van der Waals surface area contributed by atoms with Gasteiger partial charge in [-0.3, -0.25) is 9.59 Å². The number of anilines is 1. The molecule has 1 aromatic heterocycles. The highest BCUT2D eigenvalue weighted by Crippen LogP contribution is 2.13. The number of halogens is 1. The fourth-order valence-corrected chi connectivity index (χ4v) is 1.69. The van der Waals surface area contributed by atoms with E-state index >= 15 is 0 Å². The van der Waals surface area contributed by atoms with E-state index < -0.39 is 11.7 Å². The van der Waals surface area contributed by atoms with Crippen molar-refractivity contribution in [1.82, 2.24) is 9.78 Å². The quantitative estimate of drug-likeness (QED) is 0.928. The van der Waals surface area contributed by atoms with Crippen LogP contribution in [0.1, 0.15) is 23.8 Å².